The summed E-state index contributed by atoms with van der Waals surface area (Å²) < 4.78 is 5.33. The molecule has 0 heterocycles. The van der Waals surface area contributed by atoms with Crippen molar-refractivity contribution in [1.29, 1.82) is 0 Å². The van der Waals surface area contributed by atoms with Gasteiger partial charge in [-0.2, -0.15) is 0 Å². The van der Waals surface area contributed by atoms with Gasteiger partial charge in [-0.05, 0) is 78.2 Å². The van der Waals surface area contributed by atoms with E-state index in [1.165, 1.54) is 6.42 Å². The molecule has 22 heavy (non-hydrogen) atoms. The van der Waals surface area contributed by atoms with Gasteiger partial charge in [0.2, 0.25) is 0 Å². The lowest BCUT2D eigenvalue weighted by molar-refractivity contribution is 0.0488. The molecule has 2 rings (SSSR count). The van der Waals surface area contributed by atoms with Crippen molar-refractivity contribution in [3.05, 3.63) is 0 Å². The summed E-state index contributed by atoms with van der Waals surface area (Å²) in [6, 6.07) is 0.668. The first-order chi connectivity index (χ1) is 10.3. The topological polar surface area (TPSA) is 70.6 Å². The van der Waals surface area contributed by atoms with Crippen LogP contribution in [0.2, 0.25) is 0 Å². The number of aliphatic hydroxyl groups excluding tert-OH is 1. The summed E-state index contributed by atoms with van der Waals surface area (Å²) >= 11 is 0. The molecule has 4 atom stereocenters. The lowest BCUT2D eigenvalue weighted by Crippen LogP contribution is -2.46. The number of aliphatic hydroxyl groups is 1. The molecule has 0 saturated heterocycles. The van der Waals surface area contributed by atoms with Gasteiger partial charge in [0, 0.05) is 12.1 Å². The van der Waals surface area contributed by atoms with E-state index in [9.17, 15) is 9.90 Å². The third-order valence-corrected chi connectivity index (χ3v) is 4.60. The van der Waals surface area contributed by atoms with Crippen LogP contribution in [0.3, 0.4) is 0 Å². The normalized spacial score (nSPS) is 32.7. The Labute approximate surface area is 134 Å². The SMILES string of the molecule is CC(C)(C)OC(=O)NC1CCCC(NCC2CCC(O)C2)C1. The summed E-state index contributed by atoms with van der Waals surface area (Å²) in [4.78, 5) is 11.9. The fourth-order valence-corrected chi connectivity index (χ4v) is 3.55. The smallest absolute Gasteiger partial charge is 0.407 e. The third-order valence-electron chi connectivity index (χ3n) is 4.60. The predicted molar refractivity (Wildman–Crippen MR) is 86.8 cm³/mol. The van der Waals surface area contributed by atoms with Crippen LogP contribution in [-0.2, 0) is 4.74 Å². The van der Waals surface area contributed by atoms with E-state index in [4.69, 9.17) is 4.74 Å². The molecule has 4 unspecified atom stereocenters. The second kappa shape index (κ2) is 7.64. The molecule has 0 aromatic carbocycles. The maximum atomic E-state index is 11.9. The van der Waals surface area contributed by atoms with Crippen molar-refractivity contribution < 1.29 is 14.6 Å². The lowest BCUT2D eigenvalue weighted by atomic mass is 9.90. The fourth-order valence-electron chi connectivity index (χ4n) is 3.55. The molecule has 0 bridgehead atoms. The van der Waals surface area contributed by atoms with Crippen LogP contribution in [0.5, 0.6) is 0 Å². The number of nitrogens with one attached hydrogen (secondary N) is 2. The van der Waals surface area contributed by atoms with Gasteiger partial charge in [-0.25, -0.2) is 4.79 Å². The molecule has 5 nitrogen and oxygen atoms in total. The standard InChI is InChI=1S/C17H32N2O3/c1-17(2,3)22-16(21)19-14-6-4-5-13(10-14)18-11-12-7-8-15(20)9-12/h12-15,18,20H,4-11H2,1-3H3,(H,19,21). The van der Waals surface area contributed by atoms with Gasteiger partial charge in [-0.1, -0.05) is 0 Å². The van der Waals surface area contributed by atoms with Crippen LogP contribution < -0.4 is 10.6 Å². The Morgan fingerprint density at radius 2 is 1.86 bits per heavy atom. The summed E-state index contributed by atoms with van der Waals surface area (Å²) in [7, 11) is 0. The Hall–Kier alpha value is -0.810. The zero-order chi connectivity index (χ0) is 16.2. The monoisotopic (exact) mass is 312 g/mol. The van der Waals surface area contributed by atoms with Gasteiger partial charge >= 0.3 is 6.09 Å². The maximum Gasteiger partial charge on any atom is 0.407 e. The van der Waals surface area contributed by atoms with E-state index in [0.29, 0.717) is 12.0 Å². The number of carbonyl (C=O) groups excluding carboxylic acids is 1. The van der Waals surface area contributed by atoms with Gasteiger partial charge in [-0.3, -0.25) is 0 Å². The lowest BCUT2D eigenvalue weighted by Gasteiger charge is -2.31. The maximum absolute atomic E-state index is 11.9. The number of rotatable bonds is 4. The van der Waals surface area contributed by atoms with Crippen molar-refractivity contribution in [2.75, 3.05) is 6.54 Å². The highest BCUT2D eigenvalue weighted by Crippen LogP contribution is 2.26. The highest BCUT2D eigenvalue weighted by molar-refractivity contribution is 5.68. The molecular weight excluding hydrogens is 280 g/mol. The second-order valence-electron chi connectivity index (χ2n) is 7.95. The van der Waals surface area contributed by atoms with Crippen molar-refractivity contribution in [2.45, 2.75) is 89.5 Å². The molecule has 0 aliphatic heterocycles. The van der Waals surface area contributed by atoms with Crippen molar-refractivity contribution >= 4 is 6.09 Å². The quantitative estimate of drug-likeness (QED) is 0.746. The number of ether oxygens (including phenoxy) is 1. The summed E-state index contributed by atoms with van der Waals surface area (Å²) in [6.45, 7) is 6.64. The Morgan fingerprint density at radius 3 is 2.50 bits per heavy atom. The van der Waals surface area contributed by atoms with Crippen LogP contribution in [0.1, 0.15) is 65.7 Å². The van der Waals surface area contributed by atoms with E-state index in [0.717, 1.165) is 45.1 Å². The van der Waals surface area contributed by atoms with Crippen LogP contribution >= 0.6 is 0 Å². The number of hydrogen-bond acceptors (Lipinski definition) is 4. The zero-order valence-corrected chi connectivity index (χ0v) is 14.2. The van der Waals surface area contributed by atoms with E-state index in [1.807, 2.05) is 20.8 Å². The second-order valence-corrected chi connectivity index (χ2v) is 7.95. The Balaban J connectivity index is 1.69. The molecule has 2 fully saturated rings. The first-order valence-corrected chi connectivity index (χ1v) is 8.73. The first-order valence-electron chi connectivity index (χ1n) is 8.73. The van der Waals surface area contributed by atoms with Crippen LogP contribution in [0.4, 0.5) is 4.79 Å². The van der Waals surface area contributed by atoms with E-state index >= 15 is 0 Å². The van der Waals surface area contributed by atoms with Gasteiger partial charge in [0.05, 0.1) is 6.10 Å². The minimum Gasteiger partial charge on any atom is -0.444 e. The summed E-state index contributed by atoms with van der Waals surface area (Å²) in [5.41, 5.74) is -0.445. The van der Waals surface area contributed by atoms with Gasteiger partial charge < -0.3 is 20.5 Å². The molecule has 0 spiro atoms. The Bertz CT molecular complexity index is 367. The van der Waals surface area contributed by atoms with Crippen LogP contribution in [0.15, 0.2) is 0 Å². The minimum absolute atomic E-state index is 0.0975. The molecule has 2 aliphatic rings. The number of carbonyl (C=O) groups is 1. The highest BCUT2D eigenvalue weighted by Gasteiger charge is 2.27. The van der Waals surface area contributed by atoms with E-state index < -0.39 is 5.60 Å². The highest BCUT2D eigenvalue weighted by atomic mass is 16.6. The fraction of sp³-hybridized carbons (Fsp3) is 0.941. The molecule has 0 aromatic rings. The first kappa shape index (κ1) is 17.5. The van der Waals surface area contributed by atoms with Crippen molar-refractivity contribution in [1.82, 2.24) is 10.6 Å². The minimum atomic E-state index is -0.445. The van der Waals surface area contributed by atoms with Crippen molar-refractivity contribution in [2.24, 2.45) is 5.92 Å². The summed E-state index contributed by atoms with van der Waals surface area (Å²) in [5, 5.41) is 16.2. The summed E-state index contributed by atoms with van der Waals surface area (Å²) in [5.74, 6) is 0.606. The van der Waals surface area contributed by atoms with E-state index in [2.05, 4.69) is 10.6 Å². The van der Waals surface area contributed by atoms with Gasteiger partial charge in [-0.15, -0.1) is 0 Å². The molecule has 2 aliphatic carbocycles. The number of amides is 1. The molecule has 0 radical (unpaired) electrons. The number of hydrogen-bond donors (Lipinski definition) is 3. The molecule has 3 N–H and O–H groups in total. The molecule has 1 amide bonds. The molecular formula is C17H32N2O3. The van der Waals surface area contributed by atoms with Crippen LogP contribution in [0.25, 0.3) is 0 Å². The zero-order valence-electron chi connectivity index (χ0n) is 14.2. The van der Waals surface area contributed by atoms with Crippen LogP contribution in [0, 0.1) is 5.92 Å². The molecule has 5 heteroatoms. The Kier molecular flexibility index (Phi) is 6.09. The Morgan fingerprint density at radius 1 is 1.14 bits per heavy atom. The van der Waals surface area contributed by atoms with Gasteiger partial charge in [0.25, 0.3) is 0 Å². The van der Waals surface area contributed by atoms with E-state index in [-0.39, 0.29) is 18.2 Å². The largest absolute Gasteiger partial charge is 0.444 e. The third kappa shape index (κ3) is 6.13. The van der Waals surface area contributed by atoms with Gasteiger partial charge in [0.1, 0.15) is 5.60 Å². The number of alkyl carbamates (subject to hydrolysis) is 1. The molecule has 2 saturated carbocycles. The van der Waals surface area contributed by atoms with Gasteiger partial charge in [0.15, 0.2) is 0 Å². The van der Waals surface area contributed by atoms with E-state index in [1.54, 1.807) is 0 Å². The average molecular weight is 312 g/mol. The average Bonchev–Trinajstić information content (AvgIpc) is 2.80. The van der Waals surface area contributed by atoms with Crippen molar-refractivity contribution in [3.63, 3.8) is 0 Å². The summed E-state index contributed by atoms with van der Waals surface area (Å²) in [6.07, 6.45) is 6.89. The predicted octanol–water partition coefficient (Wildman–Crippen LogP) is 2.57. The molecule has 128 valence electrons. The molecule has 0 aromatic heterocycles. The van der Waals surface area contributed by atoms with Crippen molar-refractivity contribution in [3.8, 4) is 0 Å². The van der Waals surface area contributed by atoms with Crippen LogP contribution in [-0.4, -0.2) is 41.5 Å².